The third kappa shape index (κ3) is 3.16. The molecule has 0 spiro atoms. The second-order valence-corrected chi connectivity index (χ2v) is 5.37. The van der Waals surface area contributed by atoms with E-state index >= 15 is 0 Å². The summed E-state index contributed by atoms with van der Waals surface area (Å²) in [6.07, 6.45) is 0. The number of hydrogen-bond donors (Lipinski definition) is 2. The summed E-state index contributed by atoms with van der Waals surface area (Å²) < 4.78 is 0. The molecule has 110 valence electrons. The lowest BCUT2D eigenvalue weighted by Crippen LogP contribution is -2.15. The number of amides is 1. The average molecular weight is 283 g/mol. The Bertz CT molecular complexity index is 678. The summed E-state index contributed by atoms with van der Waals surface area (Å²) in [5.74, 6) is -0.145. The minimum atomic E-state index is -0.145. The van der Waals surface area contributed by atoms with Gasteiger partial charge in [-0.25, -0.2) is 0 Å². The largest absolute Gasteiger partial charge is 0.398 e. The van der Waals surface area contributed by atoms with Crippen molar-refractivity contribution >= 4 is 23.0 Å². The third-order valence-corrected chi connectivity index (χ3v) is 3.57. The fourth-order valence-corrected chi connectivity index (χ4v) is 2.27. The highest BCUT2D eigenvalue weighted by atomic mass is 16.1. The number of aryl methyl sites for hydroxylation is 1. The van der Waals surface area contributed by atoms with E-state index in [1.807, 2.05) is 51.0 Å². The van der Waals surface area contributed by atoms with Crippen molar-refractivity contribution in [1.82, 2.24) is 0 Å². The van der Waals surface area contributed by atoms with Crippen LogP contribution < -0.4 is 16.0 Å². The molecular formula is C17H21N3O. The lowest BCUT2D eigenvalue weighted by molar-refractivity contribution is 0.102. The number of nitrogen functional groups attached to an aromatic ring is 1. The molecule has 0 fully saturated rings. The molecule has 2 aromatic carbocycles. The predicted octanol–water partition coefficient (Wildman–Crippen LogP) is 3.20. The molecular weight excluding hydrogens is 262 g/mol. The van der Waals surface area contributed by atoms with E-state index in [4.69, 9.17) is 5.73 Å². The minimum absolute atomic E-state index is 0.145. The van der Waals surface area contributed by atoms with E-state index in [2.05, 4.69) is 5.32 Å². The Morgan fingerprint density at radius 3 is 2.52 bits per heavy atom. The zero-order valence-electron chi connectivity index (χ0n) is 12.9. The van der Waals surface area contributed by atoms with Gasteiger partial charge < -0.3 is 16.0 Å². The van der Waals surface area contributed by atoms with Crippen LogP contribution in [0.25, 0.3) is 0 Å². The molecule has 0 saturated carbocycles. The number of nitrogens with one attached hydrogen (secondary N) is 1. The van der Waals surface area contributed by atoms with Gasteiger partial charge in [0.15, 0.2) is 0 Å². The van der Waals surface area contributed by atoms with Crippen LogP contribution in [0.1, 0.15) is 21.5 Å². The molecule has 0 radical (unpaired) electrons. The average Bonchev–Trinajstić information content (AvgIpc) is 2.43. The molecule has 4 heteroatoms. The Morgan fingerprint density at radius 1 is 1.14 bits per heavy atom. The Kier molecular flexibility index (Phi) is 4.17. The SMILES string of the molecule is Cc1ccc(NC(=O)c2cccc(N)c2C)cc1N(C)C. The molecule has 3 N–H and O–H groups in total. The molecule has 0 aromatic heterocycles. The van der Waals surface area contributed by atoms with Crippen molar-refractivity contribution in [2.75, 3.05) is 30.0 Å². The first-order valence-electron chi connectivity index (χ1n) is 6.84. The van der Waals surface area contributed by atoms with Crippen molar-refractivity contribution in [2.45, 2.75) is 13.8 Å². The van der Waals surface area contributed by atoms with Crippen LogP contribution in [-0.2, 0) is 0 Å². The van der Waals surface area contributed by atoms with Crippen LogP contribution in [0.2, 0.25) is 0 Å². The second kappa shape index (κ2) is 5.87. The van der Waals surface area contributed by atoms with E-state index < -0.39 is 0 Å². The van der Waals surface area contributed by atoms with E-state index in [9.17, 15) is 4.79 Å². The molecule has 21 heavy (non-hydrogen) atoms. The van der Waals surface area contributed by atoms with E-state index in [1.54, 1.807) is 18.2 Å². The number of rotatable bonds is 3. The number of nitrogens with zero attached hydrogens (tertiary/aromatic N) is 1. The number of carbonyl (C=O) groups is 1. The molecule has 0 atom stereocenters. The Labute approximate surface area is 125 Å². The van der Waals surface area contributed by atoms with Crippen LogP contribution >= 0.6 is 0 Å². The highest BCUT2D eigenvalue weighted by molar-refractivity contribution is 6.06. The van der Waals surface area contributed by atoms with E-state index in [-0.39, 0.29) is 5.91 Å². The van der Waals surface area contributed by atoms with Crippen LogP contribution in [0.4, 0.5) is 17.1 Å². The summed E-state index contributed by atoms with van der Waals surface area (Å²) >= 11 is 0. The molecule has 0 aliphatic carbocycles. The molecule has 1 amide bonds. The zero-order valence-corrected chi connectivity index (χ0v) is 12.9. The van der Waals surface area contributed by atoms with E-state index in [1.165, 1.54) is 0 Å². The maximum atomic E-state index is 12.4. The van der Waals surface area contributed by atoms with Crippen molar-refractivity contribution in [3.8, 4) is 0 Å². The van der Waals surface area contributed by atoms with Gasteiger partial charge in [-0.15, -0.1) is 0 Å². The molecule has 0 aliphatic rings. The zero-order chi connectivity index (χ0) is 15.6. The Morgan fingerprint density at radius 2 is 1.86 bits per heavy atom. The first-order chi connectivity index (χ1) is 9.90. The van der Waals surface area contributed by atoms with E-state index in [0.29, 0.717) is 11.3 Å². The van der Waals surface area contributed by atoms with Gasteiger partial charge in [0, 0.05) is 36.7 Å². The van der Waals surface area contributed by atoms with Crippen LogP contribution in [0.5, 0.6) is 0 Å². The van der Waals surface area contributed by atoms with E-state index in [0.717, 1.165) is 22.5 Å². The van der Waals surface area contributed by atoms with Crippen molar-refractivity contribution in [2.24, 2.45) is 0 Å². The maximum absolute atomic E-state index is 12.4. The normalized spacial score (nSPS) is 10.3. The molecule has 0 unspecified atom stereocenters. The summed E-state index contributed by atoms with van der Waals surface area (Å²) in [6, 6.07) is 11.2. The predicted molar refractivity (Wildman–Crippen MR) is 89.1 cm³/mol. The van der Waals surface area contributed by atoms with Gasteiger partial charge in [-0.1, -0.05) is 12.1 Å². The van der Waals surface area contributed by atoms with Crippen LogP contribution in [-0.4, -0.2) is 20.0 Å². The molecule has 0 saturated heterocycles. The number of anilines is 3. The molecule has 4 nitrogen and oxygen atoms in total. The van der Waals surface area contributed by atoms with Gasteiger partial charge in [-0.2, -0.15) is 0 Å². The van der Waals surface area contributed by atoms with Crippen LogP contribution in [0, 0.1) is 13.8 Å². The number of carbonyl (C=O) groups excluding carboxylic acids is 1. The van der Waals surface area contributed by atoms with Crippen molar-refractivity contribution in [3.05, 3.63) is 53.1 Å². The highest BCUT2D eigenvalue weighted by Gasteiger charge is 2.11. The molecule has 0 aliphatic heterocycles. The van der Waals surface area contributed by atoms with Crippen molar-refractivity contribution in [1.29, 1.82) is 0 Å². The molecule has 2 aromatic rings. The van der Waals surface area contributed by atoms with Gasteiger partial charge in [0.2, 0.25) is 0 Å². The molecule has 0 heterocycles. The summed E-state index contributed by atoms with van der Waals surface area (Å²) in [7, 11) is 3.96. The van der Waals surface area contributed by atoms with Crippen molar-refractivity contribution in [3.63, 3.8) is 0 Å². The van der Waals surface area contributed by atoms with Gasteiger partial charge in [-0.3, -0.25) is 4.79 Å². The lowest BCUT2D eigenvalue weighted by atomic mass is 10.1. The fourth-order valence-electron chi connectivity index (χ4n) is 2.27. The lowest BCUT2D eigenvalue weighted by Gasteiger charge is -2.17. The topological polar surface area (TPSA) is 58.4 Å². The van der Waals surface area contributed by atoms with Gasteiger partial charge in [0.1, 0.15) is 0 Å². The van der Waals surface area contributed by atoms with Gasteiger partial charge in [0.25, 0.3) is 5.91 Å². The number of benzene rings is 2. The fraction of sp³-hybridized carbons (Fsp3) is 0.235. The van der Waals surface area contributed by atoms with Gasteiger partial charge >= 0.3 is 0 Å². The smallest absolute Gasteiger partial charge is 0.256 e. The third-order valence-electron chi connectivity index (χ3n) is 3.57. The van der Waals surface area contributed by atoms with Gasteiger partial charge in [0.05, 0.1) is 0 Å². The Hall–Kier alpha value is -2.49. The quantitative estimate of drug-likeness (QED) is 0.850. The summed E-state index contributed by atoms with van der Waals surface area (Å²) in [5.41, 5.74) is 10.9. The number of nitrogens with two attached hydrogens (primary N) is 1. The molecule has 2 rings (SSSR count). The second-order valence-electron chi connectivity index (χ2n) is 5.37. The minimum Gasteiger partial charge on any atom is -0.398 e. The van der Waals surface area contributed by atoms with Crippen LogP contribution in [0.3, 0.4) is 0 Å². The summed E-state index contributed by atoms with van der Waals surface area (Å²) in [6.45, 7) is 3.90. The first-order valence-corrected chi connectivity index (χ1v) is 6.84. The standard InChI is InChI=1S/C17H21N3O/c1-11-8-9-13(10-16(11)20(3)4)19-17(21)14-6-5-7-15(18)12(14)2/h5-10H,18H2,1-4H3,(H,19,21). The molecule has 0 bridgehead atoms. The van der Waals surface area contributed by atoms with Gasteiger partial charge in [-0.05, 0) is 49.2 Å². The highest BCUT2D eigenvalue weighted by Crippen LogP contribution is 2.23. The van der Waals surface area contributed by atoms with Crippen LogP contribution in [0.15, 0.2) is 36.4 Å². The number of hydrogen-bond acceptors (Lipinski definition) is 3. The monoisotopic (exact) mass is 283 g/mol. The summed E-state index contributed by atoms with van der Waals surface area (Å²) in [4.78, 5) is 14.4. The first kappa shape index (κ1) is 14.9. The van der Waals surface area contributed by atoms with Crippen molar-refractivity contribution < 1.29 is 4.79 Å². The maximum Gasteiger partial charge on any atom is 0.256 e. The Balaban J connectivity index is 2.28. The summed E-state index contributed by atoms with van der Waals surface area (Å²) in [5, 5.41) is 2.93.